The molecule has 1 aliphatic heterocycles. The zero-order valence-corrected chi connectivity index (χ0v) is 17.0. The van der Waals surface area contributed by atoms with Crippen LogP contribution in [0.4, 0.5) is 5.69 Å². The Morgan fingerprint density at radius 3 is 2.37 bits per heavy atom. The number of nitrogens with zero attached hydrogens (tertiary/aromatic N) is 2. The van der Waals surface area contributed by atoms with Gasteiger partial charge in [0.25, 0.3) is 5.91 Å². The summed E-state index contributed by atoms with van der Waals surface area (Å²) >= 11 is 0. The number of carbonyl (C=O) groups excluding carboxylic acids is 1. The van der Waals surface area contributed by atoms with E-state index in [-0.39, 0.29) is 16.8 Å². The summed E-state index contributed by atoms with van der Waals surface area (Å²) < 4.78 is 27.6. The van der Waals surface area contributed by atoms with Gasteiger partial charge in [0.2, 0.25) is 10.0 Å². The lowest BCUT2D eigenvalue weighted by Gasteiger charge is -2.35. The van der Waals surface area contributed by atoms with Crippen LogP contribution in [0.3, 0.4) is 0 Å². The molecule has 1 heterocycles. The molecule has 0 spiro atoms. The van der Waals surface area contributed by atoms with Crippen LogP contribution in [0.2, 0.25) is 0 Å². The van der Waals surface area contributed by atoms with Crippen molar-refractivity contribution in [2.24, 2.45) is 0 Å². The Labute approximate surface area is 162 Å². The third-order valence-electron chi connectivity index (χ3n) is 5.56. The maximum atomic E-state index is 12.7. The first kappa shape index (κ1) is 20.1. The summed E-state index contributed by atoms with van der Waals surface area (Å²) in [5.74, 6) is -0.195. The molecule has 0 atom stereocenters. The van der Waals surface area contributed by atoms with Gasteiger partial charge >= 0.3 is 0 Å². The van der Waals surface area contributed by atoms with Crippen LogP contribution >= 0.6 is 0 Å². The number of piperazine rings is 1. The number of nitrogens with one attached hydrogen (secondary N) is 2. The number of benzene rings is 1. The lowest BCUT2D eigenvalue weighted by Crippen LogP contribution is -2.45. The Kier molecular flexibility index (Phi) is 6.39. The molecule has 27 heavy (non-hydrogen) atoms. The minimum absolute atomic E-state index is 0.172. The van der Waals surface area contributed by atoms with Crippen molar-refractivity contribution in [3.63, 3.8) is 0 Å². The average Bonchev–Trinajstić information content (AvgIpc) is 2.69. The van der Waals surface area contributed by atoms with Crippen molar-refractivity contribution in [1.29, 1.82) is 0 Å². The second kappa shape index (κ2) is 8.58. The van der Waals surface area contributed by atoms with Gasteiger partial charge in [0, 0.05) is 37.8 Å². The van der Waals surface area contributed by atoms with E-state index in [9.17, 15) is 13.2 Å². The van der Waals surface area contributed by atoms with Crippen LogP contribution in [0.5, 0.6) is 0 Å². The molecular formula is C19H30N4O3S. The van der Waals surface area contributed by atoms with Crippen LogP contribution in [-0.2, 0) is 10.0 Å². The Hall–Kier alpha value is -1.64. The van der Waals surface area contributed by atoms with Crippen molar-refractivity contribution < 1.29 is 13.2 Å². The van der Waals surface area contributed by atoms with Gasteiger partial charge in [0.05, 0.1) is 5.69 Å². The number of anilines is 1. The average molecular weight is 395 g/mol. The highest BCUT2D eigenvalue weighted by Gasteiger charge is 2.25. The molecule has 8 heteroatoms. The molecule has 2 N–H and O–H groups in total. The predicted molar refractivity (Wildman–Crippen MR) is 107 cm³/mol. The van der Waals surface area contributed by atoms with Gasteiger partial charge < -0.3 is 15.1 Å². The topological polar surface area (TPSA) is 81.7 Å². The van der Waals surface area contributed by atoms with E-state index < -0.39 is 10.0 Å². The molecule has 0 bridgehead atoms. The van der Waals surface area contributed by atoms with Gasteiger partial charge in [-0.25, -0.2) is 13.1 Å². The molecule has 0 radical (unpaired) electrons. The molecule has 1 aromatic rings. The Morgan fingerprint density at radius 1 is 1.07 bits per heavy atom. The minimum Gasteiger partial charge on any atom is -0.368 e. The molecule has 7 nitrogen and oxygen atoms in total. The van der Waals surface area contributed by atoms with Crippen molar-refractivity contribution >= 4 is 21.6 Å². The van der Waals surface area contributed by atoms with E-state index in [2.05, 4.69) is 26.9 Å². The van der Waals surface area contributed by atoms with Crippen molar-refractivity contribution in [3.05, 3.63) is 23.8 Å². The van der Waals surface area contributed by atoms with E-state index in [0.717, 1.165) is 51.9 Å². The maximum absolute atomic E-state index is 12.7. The molecule has 2 aliphatic rings. The van der Waals surface area contributed by atoms with E-state index in [1.54, 1.807) is 12.1 Å². The third kappa shape index (κ3) is 4.80. The van der Waals surface area contributed by atoms with E-state index in [1.165, 1.54) is 19.5 Å². The van der Waals surface area contributed by atoms with Gasteiger partial charge in [0.15, 0.2) is 0 Å². The highest BCUT2D eigenvalue weighted by Crippen LogP contribution is 2.28. The number of amides is 1. The monoisotopic (exact) mass is 394 g/mol. The molecule has 0 aromatic heterocycles. The summed E-state index contributed by atoms with van der Waals surface area (Å²) in [4.78, 5) is 17.1. The van der Waals surface area contributed by atoms with E-state index in [0.29, 0.717) is 11.3 Å². The largest absolute Gasteiger partial charge is 0.368 e. The van der Waals surface area contributed by atoms with E-state index in [4.69, 9.17) is 0 Å². The molecule has 150 valence electrons. The number of hydrogen-bond acceptors (Lipinski definition) is 5. The van der Waals surface area contributed by atoms with Crippen LogP contribution in [0.15, 0.2) is 23.1 Å². The Bertz CT molecular complexity index is 767. The van der Waals surface area contributed by atoms with Crippen molar-refractivity contribution in [3.8, 4) is 0 Å². The minimum atomic E-state index is -3.67. The SMILES string of the molecule is CNS(=O)(=O)c1cc(C(=O)NC2CCCCC2)ccc1N1CCN(C)CC1. The standard InChI is InChI=1S/C19H30N4O3S/c1-20-27(25,26)18-14-15(19(24)21-16-6-4-3-5-7-16)8-9-17(18)23-12-10-22(2)11-13-23/h8-9,14,16,20H,3-7,10-13H2,1-2H3,(H,21,24). The van der Waals surface area contributed by atoms with Gasteiger partial charge in [0.1, 0.15) is 4.90 Å². The maximum Gasteiger partial charge on any atom is 0.251 e. The van der Waals surface area contributed by atoms with Gasteiger partial charge in [-0.3, -0.25) is 4.79 Å². The first-order valence-electron chi connectivity index (χ1n) is 9.72. The normalized spacial score (nSPS) is 19.9. The van der Waals surface area contributed by atoms with Crippen LogP contribution < -0.4 is 14.9 Å². The van der Waals surface area contributed by atoms with Gasteiger partial charge in [-0.2, -0.15) is 0 Å². The van der Waals surface area contributed by atoms with Crippen molar-refractivity contribution in [2.45, 2.75) is 43.0 Å². The van der Waals surface area contributed by atoms with Crippen LogP contribution in [-0.4, -0.2) is 65.5 Å². The molecule has 2 fully saturated rings. The van der Waals surface area contributed by atoms with Crippen LogP contribution in [0, 0.1) is 0 Å². The summed E-state index contributed by atoms with van der Waals surface area (Å²) in [7, 11) is -0.209. The third-order valence-corrected chi connectivity index (χ3v) is 7.01. The molecule has 3 rings (SSSR count). The lowest BCUT2D eigenvalue weighted by atomic mass is 9.95. The zero-order valence-electron chi connectivity index (χ0n) is 16.2. The smallest absolute Gasteiger partial charge is 0.251 e. The molecule has 1 aromatic carbocycles. The summed E-state index contributed by atoms with van der Waals surface area (Å²) in [5, 5.41) is 3.06. The van der Waals surface area contributed by atoms with Crippen molar-refractivity contribution in [1.82, 2.24) is 14.9 Å². The number of sulfonamides is 1. The zero-order chi connectivity index (χ0) is 19.4. The van der Waals surface area contributed by atoms with Gasteiger partial charge in [-0.15, -0.1) is 0 Å². The first-order chi connectivity index (χ1) is 12.9. The van der Waals surface area contributed by atoms with E-state index in [1.807, 2.05) is 0 Å². The Morgan fingerprint density at radius 2 is 1.74 bits per heavy atom. The molecule has 0 unspecified atom stereocenters. The lowest BCUT2D eigenvalue weighted by molar-refractivity contribution is 0.0927. The quantitative estimate of drug-likeness (QED) is 0.789. The summed E-state index contributed by atoms with van der Waals surface area (Å²) in [5.41, 5.74) is 1.05. The van der Waals surface area contributed by atoms with Crippen molar-refractivity contribution in [2.75, 3.05) is 45.2 Å². The molecule has 1 aliphatic carbocycles. The highest BCUT2D eigenvalue weighted by atomic mass is 32.2. The summed E-state index contributed by atoms with van der Waals surface area (Å²) in [6.45, 7) is 3.28. The van der Waals surface area contributed by atoms with Gasteiger partial charge in [-0.1, -0.05) is 19.3 Å². The fraction of sp³-hybridized carbons (Fsp3) is 0.632. The van der Waals surface area contributed by atoms with Crippen LogP contribution in [0.1, 0.15) is 42.5 Å². The number of likely N-dealkylation sites (N-methyl/N-ethyl adjacent to an activating group) is 1. The predicted octanol–water partition coefficient (Wildman–Crippen LogP) is 1.41. The Balaban J connectivity index is 1.86. The fourth-order valence-electron chi connectivity index (χ4n) is 3.80. The number of carbonyl (C=O) groups is 1. The second-order valence-corrected chi connectivity index (χ2v) is 9.34. The number of rotatable bonds is 5. The van der Waals surface area contributed by atoms with Crippen LogP contribution in [0.25, 0.3) is 0 Å². The summed E-state index contributed by atoms with van der Waals surface area (Å²) in [6.07, 6.45) is 5.47. The molecule has 1 saturated carbocycles. The molecule has 1 amide bonds. The van der Waals surface area contributed by atoms with E-state index >= 15 is 0 Å². The summed E-state index contributed by atoms with van der Waals surface area (Å²) in [6, 6.07) is 5.21. The second-order valence-electron chi connectivity index (χ2n) is 7.49. The highest BCUT2D eigenvalue weighted by molar-refractivity contribution is 7.89. The first-order valence-corrected chi connectivity index (χ1v) is 11.2. The molecule has 1 saturated heterocycles. The number of hydrogen-bond donors (Lipinski definition) is 2. The van der Waals surface area contributed by atoms with Gasteiger partial charge in [-0.05, 0) is 45.1 Å². The fourth-order valence-corrected chi connectivity index (χ4v) is 4.78. The molecular weight excluding hydrogens is 364 g/mol.